The van der Waals surface area contributed by atoms with Crippen LogP contribution in [0.5, 0.6) is 0 Å². The Balaban J connectivity index is 1.09. The Bertz CT molecular complexity index is 4420. The van der Waals surface area contributed by atoms with Crippen molar-refractivity contribution >= 4 is 55.7 Å². The summed E-state index contributed by atoms with van der Waals surface area (Å²) in [6.07, 6.45) is 0. The van der Waals surface area contributed by atoms with E-state index in [-0.39, 0.29) is 0 Å². The molecule has 0 radical (unpaired) electrons. The molecule has 0 amide bonds. The van der Waals surface area contributed by atoms with Gasteiger partial charge in [0.2, 0.25) is 0 Å². The van der Waals surface area contributed by atoms with E-state index in [4.69, 9.17) is 0 Å². The van der Waals surface area contributed by atoms with Crippen LogP contribution in [-0.2, 0) is 10.8 Å². The summed E-state index contributed by atoms with van der Waals surface area (Å²) in [7, 11) is 0. The van der Waals surface area contributed by atoms with Crippen LogP contribution in [0.2, 0.25) is 0 Å². The third-order valence-electron chi connectivity index (χ3n) is 17.3. The van der Waals surface area contributed by atoms with Gasteiger partial charge in [-0.05, 0) is 137 Å². The molecule has 0 spiro atoms. The molecule has 80 heavy (non-hydrogen) atoms. The quantitative estimate of drug-likeness (QED) is 0.135. The lowest BCUT2D eigenvalue weighted by Gasteiger charge is -2.40. The van der Waals surface area contributed by atoms with Gasteiger partial charge >= 0.3 is 0 Å². The molecule has 2 aliphatic rings. The van der Waals surface area contributed by atoms with Gasteiger partial charge in [0.15, 0.2) is 0 Å². The van der Waals surface area contributed by atoms with Gasteiger partial charge in [-0.25, -0.2) is 0 Å². The zero-order valence-corrected chi connectivity index (χ0v) is 44.8. The molecule has 0 atom stereocenters. The van der Waals surface area contributed by atoms with Crippen molar-refractivity contribution in [1.29, 1.82) is 0 Å². The highest BCUT2D eigenvalue weighted by Crippen LogP contribution is 2.66. The first kappa shape index (κ1) is 47.2. The molecule has 13 aromatic carbocycles. The number of fused-ring (bicyclic) bond motifs is 4. The molecule has 2 heteroatoms. The van der Waals surface area contributed by atoms with E-state index in [1.807, 2.05) is 0 Å². The number of anilines is 6. The highest BCUT2D eigenvalue weighted by atomic mass is 15.2. The summed E-state index contributed by atoms with van der Waals surface area (Å²) >= 11 is 0. The van der Waals surface area contributed by atoms with Crippen LogP contribution in [0.15, 0.2) is 303 Å². The Morgan fingerprint density at radius 3 is 1.18 bits per heavy atom. The van der Waals surface area contributed by atoms with Crippen LogP contribution in [0.3, 0.4) is 0 Å². The first-order chi connectivity index (χ1) is 39.5. The standard InChI is InChI=1S/C78H56N2/c1-77(2)75-71(79(69-39-21-29-57-27-15-17-35-63(57)69)61-45-41-55(42-46-61)53-23-7-3-8-24-53)51-49-66-65-37-19-20-38-67(65)78(59-31-11-5-12-32-59,60-33-13-6-14-34-60)68-50-52-72(76(77)74(68)73(66)75)80(70-40-22-30-58-28-16-18-36-64(58)70)62-47-43-56(44-48-62)54-25-9-4-10-26-54/h3-52H,1-2H3. The van der Waals surface area contributed by atoms with Gasteiger partial charge in [-0.2, -0.15) is 0 Å². The van der Waals surface area contributed by atoms with Crippen LogP contribution in [0.25, 0.3) is 66.1 Å². The van der Waals surface area contributed by atoms with Crippen molar-refractivity contribution in [1.82, 2.24) is 0 Å². The van der Waals surface area contributed by atoms with Gasteiger partial charge in [0.05, 0.1) is 28.2 Å². The molecule has 0 saturated carbocycles. The Kier molecular flexibility index (Phi) is 11.1. The SMILES string of the molecule is CC1(C)c2c(N(c3ccc(-c4ccccc4)cc3)c3cccc4ccccc34)ccc3c2-c2c(ccc(N(c4ccc(-c5ccccc5)cc4)c4cccc5ccccc45)c21)C(c1ccccc1)(c1ccccc1)c1ccccc1-3. The number of benzene rings is 13. The Hall–Kier alpha value is -10.0. The minimum Gasteiger partial charge on any atom is -0.310 e. The molecule has 0 saturated heterocycles. The minimum absolute atomic E-state index is 0.591. The minimum atomic E-state index is -0.719. The Morgan fingerprint density at radius 2 is 0.662 bits per heavy atom. The van der Waals surface area contributed by atoms with Crippen LogP contribution >= 0.6 is 0 Å². The maximum atomic E-state index is 2.56. The van der Waals surface area contributed by atoms with Crippen molar-refractivity contribution in [3.8, 4) is 44.5 Å². The molecule has 0 N–H and O–H groups in total. The molecule has 15 rings (SSSR count). The molecule has 2 nitrogen and oxygen atoms in total. The lowest BCUT2D eigenvalue weighted by Crippen LogP contribution is -2.32. The van der Waals surface area contributed by atoms with Crippen LogP contribution in [0, 0.1) is 0 Å². The second kappa shape index (κ2) is 18.9. The summed E-state index contributed by atoms with van der Waals surface area (Å²) in [6.45, 7) is 5.00. The van der Waals surface area contributed by atoms with Crippen molar-refractivity contribution < 1.29 is 0 Å². The van der Waals surface area contributed by atoms with E-state index in [1.54, 1.807) is 0 Å². The summed E-state index contributed by atoms with van der Waals surface area (Å²) in [5, 5.41) is 4.77. The van der Waals surface area contributed by atoms with Crippen LogP contribution in [0.1, 0.15) is 47.2 Å². The van der Waals surface area contributed by atoms with Gasteiger partial charge in [-0.15, -0.1) is 0 Å². The van der Waals surface area contributed by atoms with Gasteiger partial charge < -0.3 is 9.80 Å². The molecule has 378 valence electrons. The molecule has 2 aliphatic carbocycles. The topological polar surface area (TPSA) is 6.48 Å². The molecular weight excluding hydrogens is 965 g/mol. The van der Waals surface area contributed by atoms with E-state index in [2.05, 4.69) is 327 Å². The van der Waals surface area contributed by atoms with Crippen LogP contribution in [0.4, 0.5) is 34.1 Å². The first-order valence-corrected chi connectivity index (χ1v) is 27.9. The monoisotopic (exact) mass is 1020 g/mol. The van der Waals surface area contributed by atoms with Gasteiger partial charge in [0.25, 0.3) is 0 Å². The molecule has 0 fully saturated rings. The lowest BCUT2D eigenvalue weighted by atomic mass is 9.63. The zero-order chi connectivity index (χ0) is 53.4. The maximum Gasteiger partial charge on any atom is 0.0713 e. The number of nitrogens with zero attached hydrogens (tertiary/aromatic N) is 2. The fraction of sp³-hybridized carbons (Fsp3) is 0.0513. The Morgan fingerprint density at radius 1 is 0.263 bits per heavy atom. The number of hydrogen-bond acceptors (Lipinski definition) is 2. The Labute approximate surface area is 468 Å². The third kappa shape index (κ3) is 7.26. The van der Waals surface area contributed by atoms with Crippen molar-refractivity contribution in [3.63, 3.8) is 0 Å². The zero-order valence-electron chi connectivity index (χ0n) is 44.8. The largest absolute Gasteiger partial charge is 0.310 e. The van der Waals surface area contributed by atoms with Crippen LogP contribution < -0.4 is 9.80 Å². The average Bonchev–Trinajstić information content (AvgIpc) is 3.16. The summed E-state index contributed by atoms with van der Waals surface area (Å²) in [4.78, 5) is 5.12. The van der Waals surface area contributed by atoms with E-state index in [9.17, 15) is 0 Å². The van der Waals surface area contributed by atoms with E-state index in [0.29, 0.717) is 0 Å². The maximum absolute atomic E-state index is 2.56. The predicted octanol–water partition coefficient (Wildman–Crippen LogP) is 20.9. The first-order valence-electron chi connectivity index (χ1n) is 27.9. The second-order valence-corrected chi connectivity index (χ2v) is 21.9. The highest BCUT2D eigenvalue weighted by Gasteiger charge is 2.52. The fourth-order valence-corrected chi connectivity index (χ4v) is 13.8. The smallest absolute Gasteiger partial charge is 0.0713 e. The number of rotatable bonds is 10. The van der Waals surface area contributed by atoms with Gasteiger partial charge in [0, 0.05) is 27.6 Å². The molecule has 13 aromatic rings. The third-order valence-corrected chi connectivity index (χ3v) is 17.3. The molecule has 0 aliphatic heterocycles. The molecule has 0 bridgehead atoms. The summed E-state index contributed by atoms with van der Waals surface area (Å²) in [5.74, 6) is 0. The van der Waals surface area contributed by atoms with Crippen molar-refractivity contribution in [2.75, 3.05) is 9.80 Å². The number of hydrogen-bond donors (Lipinski definition) is 0. The highest BCUT2D eigenvalue weighted by molar-refractivity contribution is 6.09. The lowest BCUT2D eigenvalue weighted by molar-refractivity contribution is 0.658. The van der Waals surface area contributed by atoms with Crippen LogP contribution in [-0.4, -0.2) is 0 Å². The van der Waals surface area contributed by atoms with E-state index >= 15 is 0 Å². The van der Waals surface area contributed by atoms with Crippen molar-refractivity contribution in [2.24, 2.45) is 0 Å². The summed E-state index contributed by atoms with van der Waals surface area (Å²) < 4.78 is 0. The molecule has 0 aromatic heterocycles. The second-order valence-electron chi connectivity index (χ2n) is 21.9. The summed E-state index contributed by atoms with van der Waals surface area (Å²) in [5.41, 5.74) is 22.8. The molecule has 0 unspecified atom stereocenters. The van der Waals surface area contributed by atoms with Gasteiger partial charge in [-0.3, -0.25) is 0 Å². The van der Waals surface area contributed by atoms with E-state index in [0.717, 1.165) is 34.1 Å². The normalized spacial score (nSPS) is 13.3. The summed E-state index contributed by atoms with van der Waals surface area (Å²) in [6, 6.07) is 113. The molecular formula is C78H56N2. The predicted molar refractivity (Wildman–Crippen MR) is 337 cm³/mol. The van der Waals surface area contributed by atoms with Gasteiger partial charge in [-0.1, -0.05) is 269 Å². The van der Waals surface area contributed by atoms with Crippen molar-refractivity contribution in [3.05, 3.63) is 337 Å². The van der Waals surface area contributed by atoms with E-state index < -0.39 is 10.8 Å². The average molecular weight is 1020 g/mol. The van der Waals surface area contributed by atoms with E-state index in [1.165, 1.54) is 99.4 Å². The molecule has 0 heterocycles. The van der Waals surface area contributed by atoms with Gasteiger partial charge in [0.1, 0.15) is 0 Å². The fourth-order valence-electron chi connectivity index (χ4n) is 13.8. The van der Waals surface area contributed by atoms with Crippen molar-refractivity contribution in [2.45, 2.75) is 24.7 Å².